The Morgan fingerprint density at radius 2 is 1.37 bits per heavy atom. The van der Waals surface area contributed by atoms with Crippen LogP contribution in [0.15, 0.2) is 91.4 Å². The first kappa shape index (κ1) is 17.0. The Hall–Kier alpha value is -3.46. The maximum absolute atomic E-state index is 5.91. The Balaban J connectivity index is 1.56. The van der Waals surface area contributed by atoms with Gasteiger partial charge in [0.15, 0.2) is 0 Å². The Morgan fingerprint density at radius 1 is 0.704 bits per heavy atom. The quantitative estimate of drug-likeness (QED) is 0.462. The third-order valence-electron chi connectivity index (χ3n) is 4.58. The summed E-state index contributed by atoms with van der Waals surface area (Å²) in [5.41, 5.74) is 6.80. The normalized spacial score (nSPS) is 10.6. The number of benzene rings is 2. The molecule has 0 bridgehead atoms. The standard InChI is InChI=1S/C24H20N2O/c1-18-5-4-14-26-24(18)17-27-21-10-8-19(9-11-21)22-6-2-3-7-23(22)20-12-15-25-16-13-20/h2-16H,17H2,1H3. The van der Waals surface area contributed by atoms with E-state index in [9.17, 15) is 0 Å². The van der Waals surface area contributed by atoms with Gasteiger partial charge in [0.05, 0.1) is 5.69 Å². The molecule has 0 radical (unpaired) electrons. The van der Waals surface area contributed by atoms with Crippen molar-refractivity contribution in [3.8, 4) is 28.0 Å². The van der Waals surface area contributed by atoms with Gasteiger partial charge in [0, 0.05) is 18.6 Å². The third-order valence-corrected chi connectivity index (χ3v) is 4.58. The second-order valence-corrected chi connectivity index (χ2v) is 6.36. The summed E-state index contributed by atoms with van der Waals surface area (Å²) >= 11 is 0. The maximum Gasteiger partial charge on any atom is 0.130 e. The van der Waals surface area contributed by atoms with E-state index >= 15 is 0 Å². The van der Waals surface area contributed by atoms with Crippen molar-refractivity contribution >= 4 is 0 Å². The van der Waals surface area contributed by atoms with E-state index in [4.69, 9.17) is 4.74 Å². The van der Waals surface area contributed by atoms with Crippen LogP contribution in [0.3, 0.4) is 0 Å². The molecule has 0 amide bonds. The second kappa shape index (κ2) is 7.83. The van der Waals surface area contributed by atoms with Gasteiger partial charge in [0.2, 0.25) is 0 Å². The summed E-state index contributed by atoms with van der Waals surface area (Å²) in [5.74, 6) is 0.838. The van der Waals surface area contributed by atoms with E-state index in [1.165, 1.54) is 11.1 Å². The fourth-order valence-corrected chi connectivity index (χ4v) is 3.07. The second-order valence-electron chi connectivity index (χ2n) is 6.36. The molecule has 0 aliphatic carbocycles. The molecule has 0 unspecified atom stereocenters. The van der Waals surface area contributed by atoms with Crippen LogP contribution in [0.2, 0.25) is 0 Å². The van der Waals surface area contributed by atoms with Gasteiger partial charge in [-0.15, -0.1) is 0 Å². The van der Waals surface area contributed by atoms with Crippen LogP contribution in [-0.4, -0.2) is 9.97 Å². The van der Waals surface area contributed by atoms with Crippen molar-refractivity contribution in [2.24, 2.45) is 0 Å². The highest BCUT2D eigenvalue weighted by Gasteiger charge is 2.07. The molecule has 0 aliphatic heterocycles. The summed E-state index contributed by atoms with van der Waals surface area (Å²) in [7, 11) is 0. The van der Waals surface area contributed by atoms with Crippen LogP contribution >= 0.6 is 0 Å². The predicted octanol–water partition coefficient (Wildman–Crippen LogP) is 5.70. The van der Waals surface area contributed by atoms with Crippen molar-refractivity contribution in [2.75, 3.05) is 0 Å². The number of hydrogen-bond acceptors (Lipinski definition) is 3. The van der Waals surface area contributed by atoms with E-state index in [0.29, 0.717) is 6.61 Å². The largest absolute Gasteiger partial charge is 0.487 e. The van der Waals surface area contributed by atoms with Crippen LogP contribution < -0.4 is 4.74 Å². The van der Waals surface area contributed by atoms with Gasteiger partial charge < -0.3 is 4.74 Å². The Bertz CT molecular complexity index is 1030. The summed E-state index contributed by atoms with van der Waals surface area (Å²) in [6.45, 7) is 2.52. The number of aromatic nitrogens is 2. The molecule has 3 heteroatoms. The van der Waals surface area contributed by atoms with Crippen molar-refractivity contribution in [1.29, 1.82) is 0 Å². The summed E-state index contributed by atoms with van der Waals surface area (Å²) in [5, 5.41) is 0. The highest BCUT2D eigenvalue weighted by Crippen LogP contribution is 2.32. The van der Waals surface area contributed by atoms with Gasteiger partial charge in [0.25, 0.3) is 0 Å². The van der Waals surface area contributed by atoms with Crippen LogP contribution in [0.5, 0.6) is 5.75 Å². The van der Waals surface area contributed by atoms with Crippen LogP contribution in [0.1, 0.15) is 11.3 Å². The Morgan fingerprint density at radius 3 is 2.04 bits per heavy atom. The van der Waals surface area contributed by atoms with Gasteiger partial charge in [-0.05, 0) is 65.1 Å². The fraction of sp³-hybridized carbons (Fsp3) is 0.0833. The van der Waals surface area contributed by atoms with Crippen LogP contribution in [-0.2, 0) is 6.61 Å². The predicted molar refractivity (Wildman–Crippen MR) is 108 cm³/mol. The minimum atomic E-state index is 0.472. The lowest BCUT2D eigenvalue weighted by molar-refractivity contribution is 0.300. The van der Waals surface area contributed by atoms with Gasteiger partial charge in [-0.3, -0.25) is 9.97 Å². The zero-order valence-electron chi connectivity index (χ0n) is 15.2. The third kappa shape index (κ3) is 3.87. The van der Waals surface area contributed by atoms with E-state index in [-0.39, 0.29) is 0 Å². The highest BCUT2D eigenvalue weighted by molar-refractivity contribution is 5.83. The maximum atomic E-state index is 5.91. The summed E-state index contributed by atoms with van der Waals surface area (Å²) in [4.78, 5) is 8.49. The molecule has 27 heavy (non-hydrogen) atoms. The number of nitrogens with zero attached hydrogens (tertiary/aromatic N) is 2. The minimum Gasteiger partial charge on any atom is -0.487 e. The van der Waals surface area contributed by atoms with Crippen LogP contribution in [0.25, 0.3) is 22.3 Å². The van der Waals surface area contributed by atoms with Crippen molar-refractivity contribution in [3.63, 3.8) is 0 Å². The molecular weight excluding hydrogens is 332 g/mol. The van der Waals surface area contributed by atoms with E-state index in [1.54, 1.807) is 6.20 Å². The van der Waals surface area contributed by atoms with Gasteiger partial charge in [0.1, 0.15) is 12.4 Å². The summed E-state index contributed by atoms with van der Waals surface area (Å²) < 4.78 is 5.91. The van der Waals surface area contributed by atoms with Gasteiger partial charge in [-0.1, -0.05) is 42.5 Å². The molecule has 0 aliphatic rings. The molecule has 0 atom stereocenters. The molecule has 0 fully saturated rings. The number of aryl methyl sites for hydroxylation is 1. The molecule has 4 rings (SSSR count). The molecule has 2 heterocycles. The molecule has 2 aromatic heterocycles. The Labute approximate surface area is 159 Å². The number of ether oxygens (including phenoxy) is 1. The van der Waals surface area contributed by atoms with Gasteiger partial charge in [-0.25, -0.2) is 0 Å². The van der Waals surface area contributed by atoms with Crippen molar-refractivity contribution in [2.45, 2.75) is 13.5 Å². The average molecular weight is 352 g/mol. The molecule has 132 valence electrons. The van der Waals surface area contributed by atoms with Crippen molar-refractivity contribution in [3.05, 3.63) is 103 Å². The number of hydrogen-bond donors (Lipinski definition) is 0. The highest BCUT2D eigenvalue weighted by atomic mass is 16.5. The molecule has 0 saturated carbocycles. The fourth-order valence-electron chi connectivity index (χ4n) is 3.07. The van der Waals surface area contributed by atoms with E-state index in [1.807, 2.05) is 55.7 Å². The first-order valence-electron chi connectivity index (χ1n) is 8.94. The molecule has 3 nitrogen and oxygen atoms in total. The molecule has 0 saturated heterocycles. The molecule has 4 aromatic rings. The lowest BCUT2D eigenvalue weighted by Gasteiger charge is -2.11. The first-order chi connectivity index (χ1) is 13.3. The van der Waals surface area contributed by atoms with E-state index < -0.39 is 0 Å². The van der Waals surface area contributed by atoms with E-state index in [0.717, 1.165) is 28.1 Å². The smallest absolute Gasteiger partial charge is 0.130 e. The molecular formula is C24H20N2O. The van der Waals surface area contributed by atoms with Crippen LogP contribution in [0, 0.1) is 6.92 Å². The van der Waals surface area contributed by atoms with Crippen molar-refractivity contribution in [1.82, 2.24) is 9.97 Å². The summed E-state index contributed by atoms with van der Waals surface area (Å²) in [6.07, 6.45) is 5.44. The lowest BCUT2D eigenvalue weighted by atomic mass is 9.95. The van der Waals surface area contributed by atoms with Gasteiger partial charge >= 0.3 is 0 Å². The monoisotopic (exact) mass is 352 g/mol. The van der Waals surface area contributed by atoms with Gasteiger partial charge in [-0.2, -0.15) is 0 Å². The summed E-state index contributed by atoms with van der Waals surface area (Å²) in [6, 6.07) is 24.7. The SMILES string of the molecule is Cc1cccnc1COc1ccc(-c2ccccc2-c2ccncc2)cc1. The minimum absolute atomic E-state index is 0.472. The van der Waals surface area contributed by atoms with E-state index in [2.05, 4.69) is 46.4 Å². The molecule has 0 spiro atoms. The van der Waals surface area contributed by atoms with Crippen LogP contribution in [0.4, 0.5) is 0 Å². The molecule has 2 aromatic carbocycles. The first-order valence-corrected chi connectivity index (χ1v) is 8.94. The number of rotatable bonds is 5. The zero-order valence-corrected chi connectivity index (χ0v) is 15.2. The zero-order chi connectivity index (χ0) is 18.5. The number of pyridine rings is 2. The Kier molecular flexibility index (Phi) is 4.93. The van der Waals surface area contributed by atoms with Crippen molar-refractivity contribution < 1.29 is 4.74 Å². The lowest BCUT2D eigenvalue weighted by Crippen LogP contribution is -2.00. The molecule has 0 N–H and O–H groups in total. The topological polar surface area (TPSA) is 35.0 Å². The average Bonchev–Trinajstić information content (AvgIpc) is 2.74.